The van der Waals surface area contributed by atoms with Gasteiger partial charge in [0.05, 0.1) is 22.4 Å². The van der Waals surface area contributed by atoms with Crippen molar-refractivity contribution >= 4 is 46.5 Å². The molecule has 0 N–H and O–H groups in total. The summed E-state index contributed by atoms with van der Waals surface area (Å²) in [6, 6.07) is 4.25. The molecular weight excluding hydrogens is 518 g/mol. The number of rotatable bonds is 5. The minimum atomic E-state index is -0.478. The Morgan fingerprint density at radius 2 is 0.816 bits per heavy atom. The van der Waals surface area contributed by atoms with Crippen molar-refractivity contribution in [3.8, 4) is 21.3 Å². The van der Waals surface area contributed by atoms with Gasteiger partial charge in [-0.05, 0) is 109 Å². The summed E-state index contributed by atoms with van der Waals surface area (Å²) in [7, 11) is -0.955. The van der Waals surface area contributed by atoms with Crippen molar-refractivity contribution in [1.82, 2.24) is 0 Å². The van der Waals surface area contributed by atoms with Crippen molar-refractivity contribution in [3.05, 3.63) is 12.1 Å². The molecule has 0 spiro atoms. The summed E-state index contributed by atoms with van der Waals surface area (Å²) in [6.45, 7) is 28.9. The first-order valence-corrected chi connectivity index (χ1v) is 15.0. The largest absolute Gasteiger partial charge is 0.505 e. The third-order valence-corrected chi connectivity index (χ3v) is 9.56. The maximum absolute atomic E-state index is 6.51. The maximum Gasteiger partial charge on any atom is 0.505 e. The maximum atomic E-state index is 6.51. The molecule has 38 heavy (non-hydrogen) atoms. The Labute approximate surface area is 238 Å². The van der Waals surface area contributed by atoms with E-state index in [9.17, 15) is 0 Å². The lowest BCUT2D eigenvalue weighted by Gasteiger charge is -2.32. The third-order valence-electron chi connectivity index (χ3n) is 7.49. The van der Waals surface area contributed by atoms with Crippen molar-refractivity contribution in [2.45, 2.75) is 131 Å². The first-order valence-electron chi connectivity index (χ1n) is 13.4. The van der Waals surface area contributed by atoms with Crippen molar-refractivity contribution < 1.29 is 28.1 Å². The Hall–Kier alpha value is -1.03. The zero-order valence-corrected chi connectivity index (χ0v) is 27.2. The van der Waals surface area contributed by atoms with Crippen molar-refractivity contribution in [1.29, 1.82) is 0 Å². The Morgan fingerprint density at radius 1 is 0.553 bits per heavy atom. The molecule has 0 unspecified atom stereocenters. The van der Waals surface area contributed by atoms with Gasteiger partial charge in [0.2, 0.25) is 0 Å². The fourth-order valence-electron chi connectivity index (χ4n) is 4.02. The highest BCUT2D eigenvalue weighted by Gasteiger charge is 2.54. The summed E-state index contributed by atoms with van der Waals surface area (Å²) < 4.78 is 40.5. The van der Waals surface area contributed by atoms with E-state index >= 15 is 0 Å². The second-order valence-corrected chi connectivity index (χ2v) is 16.4. The van der Waals surface area contributed by atoms with Crippen LogP contribution >= 0.6 is 22.7 Å². The molecular formula is C28H44B2O6S2. The Bertz CT molecular complexity index is 1060. The minimum Gasteiger partial charge on any atom is -0.478 e. The van der Waals surface area contributed by atoms with Crippen LogP contribution in [0.5, 0.6) is 10.1 Å². The summed E-state index contributed by atoms with van der Waals surface area (Å²) >= 11 is 3.12. The van der Waals surface area contributed by atoms with E-state index in [4.69, 9.17) is 28.1 Å². The fraction of sp³-hybridized carbons (Fsp3) is 0.714. The fourth-order valence-corrected chi connectivity index (χ4v) is 6.33. The van der Waals surface area contributed by atoms with E-state index in [0.29, 0.717) is 0 Å². The number of hydrogen-bond donors (Lipinski definition) is 0. The predicted molar refractivity (Wildman–Crippen MR) is 160 cm³/mol. The Kier molecular flexibility index (Phi) is 7.29. The van der Waals surface area contributed by atoms with Crippen LogP contribution in [0.15, 0.2) is 12.1 Å². The van der Waals surface area contributed by atoms with E-state index in [1.807, 2.05) is 0 Å². The molecule has 0 aromatic carbocycles. The lowest BCUT2D eigenvalue weighted by molar-refractivity contribution is 0.00578. The highest BCUT2D eigenvalue weighted by Crippen LogP contribution is 2.46. The molecule has 4 rings (SSSR count). The molecule has 6 nitrogen and oxygen atoms in total. The van der Waals surface area contributed by atoms with E-state index in [1.165, 1.54) is 0 Å². The molecule has 2 aliphatic heterocycles. The van der Waals surface area contributed by atoms with Gasteiger partial charge in [-0.15, -0.1) is 22.7 Å². The standard InChI is InChI=1S/C28H44B2O6S2/c1-23(2,3)31-21-17(15-19(37-21)29-33-25(7,8)26(9,10)34-29)18-16-20(38-22(18)32-24(4,5)6)30-35-27(11,12)28(13,14)36-30/h15-16H,1-14H3. The molecule has 2 fully saturated rings. The number of ether oxygens (including phenoxy) is 2. The Balaban J connectivity index is 1.81. The quantitative estimate of drug-likeness (QED) is 0.392. The molecule has 2 aromatic rings. The summed E-state index contributed by atoms with van der Waals surface area (Å²) in [6.07, 6.45) is 0. The molecule has 210 valence electrons. The molecule has 0 atom stereocenters. The van der Waals surface area contributed by atoms with Gasteiger partial charge in [-0.2, -0.15) is 0 Å². The summed E-state index contributed by atoms with van der Waals surface area (Å²) in [5.74, 6) is 0. The van der Waals surface area contributed by atoms with Crippen molar-refractivity contribution in [3.63, 3.8) is 0 Å². The van der Waals surface area contributed by atoms with Gasteiger partial charge in [0.15, 0.2) is 10.1 Å². The van der Waals surface area contributed by atoms with Crippen LogP contribution in [0.2, 0.25) is 0 Å². The van der Waals surface area contributed by atoms with Crippen LogP contribution < -0.4 is 19.0 Å². The topological polar surface area (TPSA) is 55.4 Å². The van der Waals surface area contributed by atoms with Gasteiger partial charge in [0.25, 0.3) is 0 Å². The first-order chi connectivity index (χ1) is 17.0. The van der Waals surface area contributed by atoms with Gasteiger partial charge in [-0.1, -0.05) is 0 Å². The molecule has 4 heterocycles. The van der Waals surface area contributed by atoms with Crippen molar-refractivity contribution in [2.75, 3.05) is 0 Å². The second-order valence-electron chi connectivity index (χ2n) is 14.3. The van der Waals surface area contributed by atoms with Gasteiger partial charge in [-0.3, -0.25) is 0 Å². The van der Waals surface area contributed by atoms with Gasteiger partial charge >= 0.3 is 14.2 Å². The van der Waals surface area contributed by atoms with Crippen LogP contribution in [-0.4, -0.2) is 47.8 Å². The molecule has 2 aromatic heterocycles. The Morgan fingerprint density at radius 3 is 1.05 bits per heavy atom. The zero-order valence-electron chi connectivity index (χ0n) is 25.6. The van der Waals surface area contributed by atoms with Crippen LogP contribution in [-0.2, 0) is 18.6 Å². The van der Waals surface area contributed by atoms with Crippen LogP contribution in [0, 0.1) is 0 Å². The van der Waals surface area contributed by atoms with Crippen LogP contribution in [0.3, 0.4) is 0 Å². The molecule has 0 bridgehead atoms. The highest BCUT2D eigenvalue weighted by molar-refractivity contribution is 7.25. The molecule has 0 aliphatic carbocycles. The third kappa shape index (κ3) is 5.86. The van der Waals surface area contributed by atoms with Crippen LogP contribution in [0.4, 0.5) is 0 Å². The van der Waals surface area contributed by atoms with Gasteiger partial charge in [0.1, 0.15) is 11.2 Å². The molecule has 2 aliphatic rings. The van der Waals surface area contributed by atoms with Crippen LogP contribution in [0.25, 0.3) is 11.1 Å². The van der Waals surface area contributed by atoms with E-state index in [2.05, 4.69) is 109 Å². The number of hydrogen-bond acceptors (Lipinski definition) is 8. The predicted octanol–water partition coefficient (Wildman–Crippen LogP) is 6.43. The van der Waals surface area contributed by atoms with Gasteiger partial charge in [-0.25, -0.2) is 0 Å². The highest BCUT2D eigenvalue weighted by atomic mass is 32.1. The smallest absolute Gasteiger partial charge is 0.478 e. The minimum absolute atomic E-state index is 0.386. The van der Waals surface area contributed by atoms with E-state index in [1.54, 1.807) is 22.7 Å². The SMILES string of the molecule is CC(C)(C)Oc1sc(B2OC(C)(C)C(C)(C)O2)cc1-c1cc(B2OC(C)(C)C(C)(C)O2)sc1OC(C)(C)C. The molecule has 10 heteroatoms. The zero-order chi connectivity index (χ0) is 28.7. The first kappa shape index (κ1) is 29.9. The van der Waals surface area contributed by atoms with E-state index < -0.39 is 36.6 Å². The monoisotopic (exact) mass is 562 g/mol. The lowest BCUT2D eigenvalue weighted by atomic mass is 9.85. The normalized spacial score (nSPS) is 22.3. The van der Waals surface area contributed by atoms with Crippen molar-refractivity contribution in [2.24, 2.45) is 0 Å². The molecule has 0 radical (unpaired) electrons. The molecule has 0 amide bonds. The average Bonchev–Trinajstić information content (AvgIpc) is 3.36. The lowest BCUT2D eigenvalue weighted by Crippen LogP contribution is -2.41. The van der Waals surface area contributed by atoms with Gasteiger partial charge in [0, 0.05) is 20.7 Å². The van der Waals surface area contributed by atoms with E-state index in [-0.39, 0.29) is 11.2 Å². The molecule has 0 saturated carbocycles. The average molecular weight is 562 g/mol. The summed E-state index contributed by atoms with van der Waals surface area (Å²) in [5.41, 5.74) is -0.593. The second kappa shape index (κ2) is 9.25. The van der Waals surface area contributed by atoms with Crippen LogP contribution in [0.1, 0.15) is 96.9 Å². The summed E-state index contributed by atoms with van der Waals surface area (Å²) in [5, 5.41) is 1.61. The summed E-state index contributed by atoms with van der Waals surface area (Å²) in [4.78, 5) is 0. The number of thiophene rings is 2. The van der Waals surface area contributed by atoms with Gasteiger partial charge < -0.3 is 28.1 Å². The van der Waals surface area contributed by atoms with E-state index in [0.717, 1.165) is 30.8 Å². The molecule has 2 saturated heterocycles.